The van der Waals surface area contributed by atoms with E-state index in [4.69, 9.17) is 11.6 Å². The number of nitrogens with one attached hydrogen (secondary N) is 1. The third kappa shape index (κ3) is 1.98. The van der Waals surface area contributed by atoms with Gasteiger partial charge >= 0.3 is 0 Å². The normalized spacial score (nSPS) is 20.2. The van der Waals surface area contributed by atoms with Crippen LogP contribution in [0.3, 0.4) is 0 Å². The SMILES string of the molecule is CC1(C)CC(Nc2ncncc2Cl)C1. The van der Waals surface area contributed by atoms with Gasteiger partial charge in [-0.1, -0.05) is 25.4 Å². The van der Waals surface area contributed by atoms with Gasteiger partial charge in [-0.25, -0.2) is 9.97 Å². The number of hydrogen-bond acceptors (Lipinski definition) is 3. The Morgan fingerprint density at radius 1 is 1.50 bits per heavy atom. The summed E-state index contributed by atoms with van der Waals surface area (Å²) in [6.07, 6.45) is 5.47. The highest BCUT2D eigenvalue weighted by atomic mass is 35.5. The van der Waals surface area contributed by atoms with Gasteiger partial charge in [0.05, 0.1) is 6.20 Å². The summed E-state index contributed by atoms with van der Waals surface area (Å²) in [7, 11) is 0. The van der Waals surface area contributed by atoms with Crippen molar-refractivity contribution in [2.75, 3.05) is 5.32 Å². The molecule has 0 radical (unpaired) electrons. The Labute approximate surface area is 88.9 Å². The van der Waals surface area contributed by atoms with Gasteiger partial charge in [0.1, 0.15) is 17.2 Å². The molecule has 1 aliphatic carbocycles. The Hall–Kier alpha value is -0.830. The second-order valence-corrected chi connectivity index (χ2v) is 5.04. The molecule has 3 nitrogen and oxygen atoms in total. The van der Waals surface area contributed by atoms with E-state index in [-0.39, 0.29) is 0 Å². The molecule has 1 aromatic heterocycles. The van der Waals surface area contributed by atoms with Crippen molar-refractivity contribution in [3.05, 3.63) is 17.5 Å². The number of aromatic nitrogens is 2. The van der Waals surface area contributed by atoms with Crippen molar-refractivity contribution in [3.63, 3.8) is 0 Å². The summed E-state index contributed by atoms with van der Waals surface area (Å²) in [5.74, 6) is 0.752. The molecule has 0 aliphatic heterocycles. The average Bonchev–Trinajstić information content (AvgIpc) is 2.05. The predicted octanol–water partition coefficient (Wildman–Crippen LogP) is 2.73. The molecular weight excluding hydrogens is 198 g/mol. The van der Waals surface area contributed by atoms with Crippen molar-refractivity contribution < 1.29 is 0 Å². The Morgan fingerprint density at radius 3 is 2.79 bits per heavy atom. The predicted molar refractivity (Wildman–Crippen MR) is 57.5 cm³/mol. The molecule has 1 aliphatic rings. The lowest BCUT2D eigenvalue weighted by atomic mass is 9.68. The van der Waals surface area contributed by atoms with Crippen LogP contribution in [-0.2, 0) is 0 Å². The summed E-state index contributed by atoms with van der Waals surface area (Å²) in [5.41, 5.74) is 0.469. The molecule has 0 saturated heterocycles. The molecule has 0 unspecified atom stereocenters. The minimum absolute atomic E-state index is 0.469. The lowest BCUT2D eigenvalue weighted by molar-refractivity contribution is 0.167. The third-order valence-electron chi connectivity index (χ3n) is 2.61. The molecule has 0 bridgehead atoms. The van der Waals surface area contributed by atoms with Crippen LogP contribution < -0.4 is 5.32 Å². The number of nitrogens with zero attached hydrogens (tertiary/aromatic N) is 2. The van der Waals surface area contributed by atoms with Gasteiger partial charge in [0.2, 0.25) is 0 Å². The summed E-state index contributed by atoms with van der Waals surface area (Å²) < 4.78 is 0. The Kier molecular flexibility index (Phi) is 2.35. The molecule has 0 aromatic carbocycles. The van der Waals surface area contributed by atoms with Gasteiger partial charge in [-0.2, -0.15) is 0 Å². The first-order valence-corrected chi connectivity index (χ1v) is 5.17. The van der Waals surface area contributed by atoms with Crippen molar-refractivity contribution in [1.29, 1.82) is 0 Å². The van der Waals surface area contributed by atoms with Crippen molar-refractivity contribution in [2.24, 2.45) is 5.41 Å². The van der Waals surface area contributed by atoms with Gasteiger partial charge in [0.15, 0.2) is 0 Å². The van der Waals surface area contributed by atoms with Crippen LogP contribution in [0.25, 0.3) is 0 Å². The van der Waals surface area contributed by atoms with E-state index in [9.17, 15) is 0 Å². The summed E-state index contributed by atoms with van der Waals surface area (Å²) in [4.78, 5) is 7.94. The first-order valence-electron chi connectivity index (χ1n) is 4.79. The summed E-state index contributed by atoms with van der Waals surface area (Å²) in [5, 5.41) is 3.91. The smallest absolute Gasteiger partial charge is 0.148 e. The standard InChI is InChI=1S/C10H14ClN3/c1-10(2)3-7(4-10)14-9-8(11)5-12-6-13-9/h5-7H,3-4H2,1-2H3,(H,12,13,14). The van der Waals surface area contributed by atoms with Gasteiger partial charge in [0.25, 0.3) is 0 Å². The van der Waals surface area contributed by atoms with Gasteiger partial charge in [-0.15, -0.1) is 0 Å². The van der Waals surface area contributed by atoms with E-state index in [2.05, 4.69) is 29.1 Å². The topological polar surface area (TPSA) is 37.8 Å². The van der Waals surface area contributed by atoms with Crippen molar-refractivity contribution >= 4 is 17.4 Å². The Balaban J connectivity index is 1.97. The fraction of sp³-hybridized carbons (Fsp3) is 0.600. The highest BCUT2D eigenvalue weighted by Gasteiger charge is 2.36. The molecular formula is C10H14ClN3. The first-order chi connectivity index (χ1) is 6.57. The quantitative estimate of drug-likeness (QED) is 0.818. The van der Waals surface area contributed by atoms with Crippen molar-refractivity contribution in [1.82, 2.24) is 9.97 Å². The monoisotopic (exact) mass is 211 g/mol. The number of hydrogen-bond donors (Lipinski definition) is 1. The molecule has 1 N–H and O–H groups in total. The average molecular weight is 212 g/mol. The molecule has 2 rings (SSSR count). The zero-order valence-corrected chi connectivity index (χ0v) is 9.17. The van der Waals surface area contributed by atoms with Crippen LogP contribution in [0, 0.1) is 5.41 Å². The molecule has 1 fully saturated rings. The fourth-order valence-corrected chi connectivity index (χ4v) is 2.15. The van der Waals surface area contributed by atoms with E-state index in [0.717, 1.165) is 5.82 Å². The molecule has 76 valence electrons. The number of rotatable bonds is 2. The van der Waals surface area contributed by atoms with E-state index in [1.807, 2.05) is 0 Å². The summed E-state index contributed by atoms with van der Waals surface area (Å²) >= 11 is 5.93. The van der Waals surface area contributed by atoms with Crippen LogP contribution >= 0.6 is 11.6 Å². The number of anilines is 1. The molecule has 1 aromatic rings. The first kappa shape index (κ1) is 9.71. The second-order valence-electron chi connectivity index (χ2n) is 4.63. The van der Waals surface area contributed by atoms with Gasteiger partial charge in [0, 0.05) is 6.04 Å². The minimum atomic E-state index is 0.469. The maximum atomic E-state index is 5.93. The van der Waals surface area contributed by atoms with E-state index in [0.29, 0.717) is 16.5 Å². The van der Waals surface area contributed by atoms with Crippen LogP contribution in [0.15, 0.2) is 12.5 Å². The Morgan fingerprint density at radius 2 is 2.21 bits per heavy atom. The maximum absolute atomic E-state index is 5.93. The van der Waals surface area contributed by atoms with Gasteiger partial charge in [-0.05, 0) is 18.3 Å². The van der Waals surface area contributed by atoms with E-state index in [1.165, 1.54) is 19.2 Å². The summed E-state index contributed by atoms with van der Waals surface area (Å²) in [6.45, 7) is 4.54. The van der Waals surface area contributed by atoms with Crippen molar-refractivity contribution in [2.45, 2.75) is 32.7 Å². The highest BCUT2D eigenvalue weighted by molar-refractivity contribution is 6.32. The van der Waals surface area contributed by atoms with E-state index in [1.54, 1.807) is 6.20 Å². The van der Waals surface area contributed by atoms with Crippen LogP contribution in [0.2, 0.25) is 5.02 Å². The van der Waals surface area contributed by atoms with Crippen molar-refractivity contribution in [3.8, 4) is 0 Å². The molecule has 0 amide bonds. The zero-order chi connectivity index (χ0) is 10.2. The largest absolute Gasteiger partial charge is 0.366 e. The zero-order valence-electron chi connectivity index (χ0n) is 8.42. The van der Waals surface area contributed by atoms with E-state index < -0.39 is 0 Å². The molecule has 4 heteroatoms. The Bertz CT molecular complexity index is 330. The molecule has 1 saturated carbocycles. The lowest BCUT2D eigenvalue weighted by Gasteiger charge is -2.43. The summed E-state index contributed by atoms with van der Waals surface area (Å²) in [6, 6.07) is 0.511. The fourth-order valence-electron chi connectivity index (χ4n) is 1.99. The minimum Gasteiger partial charge on any atom is -0.366 e. The molecule has 0 atom stereocenters. The van der Waals surface area contributed by atoms with Crippen LogP contribution in [0.4, 0.5) is 5.82 Å². The molecule has 0 spiro atoms. The lowest BCUT2D eigenvalue weighted by Crippen LogP contribution is -2.41. The van der Waals surface area contributed by atoms with Crippen LogP contribution in [0.5, 0.6) is 0 Å². The molecule has 1 heterocycles. The number of halogens is 1. The second kappa shape index (κ2) is 3.39. The highest BCUT2D eigenvalue weighted by Crippen LogP contribution is 2.41. The van der Waals surface area contributed by atoms with Crippen LogP contribution in [0.1, 0.15) is 26.7 Å². The van der Waals surface area contributed by atoms with Gasteiger partial charge in [-0.3, -0.25) is 0 Å². The van der Waals surface area contributed by atoms with Gasteiger partial charge < -0.3 is 5.32 Å². The maximum Gasteiger partial charge on any atom is 0.148 e. The van der Waals surface area contributed by atoms with E-state index >= 15 is 0 Å². The molecule has 14 heavy (non-hydrogen) atoms. The third-order valence-corrected chi connectivity index (χ3v) is 2.88. The van der Waals surface area contributed by atoms with Crippen LogP contribution in [-0.4, -0.2) is 16.0 Å².